The minimum Gasteiger partial charge on any atom is -0.493 e. The van der Waals surface area contributed by atoms with Gasteiger partial charge in [-0.2, -0.15) is 0 Å². The molecule has 3 heteroatoms. The van der Waals surface area contributed by atoms with Crippen molar-refractivity contribution in [1.82, 2.24) is 0 Å². The van der Waals surface area contributed by atoms with Crippen LogP contribution >= 0.6 is 0 Å². The summed E-state index contributed by atoms with van der Waals surface area (Å²) in [6.07, 6.45) is 1.60. The first-order valence-corrected chi connectivity index (χ1v) is 5.06. The van der Waals surface area contributed by atoms with E-state index >= 15 is 0 Å². The average Bonchev–Trinajstić information content (AvgIpc) is 2.96. The normalized spacial score (nSPS) is 17.3. The van der Waals surface area contributed by atoms with Gasteiger partial charge < -0.3 is 14.6 Å². The van der Waals surface area contributed by atoms with E-state index in [1.165, 1.54) is 0 Å². The summed E-state index contributed by atoms with van der Waals surface area (Å²) in [4.78, 5) is 0. The van der Waals surface area contributed by atoms with Gasteiger partial charge in [-0.1, -0.05) is 0 Å². The van der Waals surface area contributed by atoms with Gasteiger partial charge in [-0.25, -0.2) is 0 Å². The van der Waals surface area contributed by atoms with Crippen molar-refractivity contribution in [3.05, 3.63) is 23.3 Å². The summed E-state index contributed by atoms with van der Waals surface area (Å²) in [5.74, 6) is 1.34. The first kappa shape index (κ1) is 10.3. The van der Waals surface area contributed by atoms with E-state index < -0.39 is 5.60 Å². The summed E-state index contributed by atoms with van der Waals surface area (Å²) in [5.41, 5.74) is 1.23. The molecule has 0 aliphatic heterocycles. The molecule has 0 unspecified atom stereocenters. The summed E-state index contributed by atoms with van der Waals surface area (Å²) < 4.78 is 10.5. The second-order valence-corrected chi connectivity index (χ2v) is 4.08. The monoisotopic (exact) mass is 208 g/mol. The molecule has 0 saturated heterocycles. The van der Waals surface area contributed by atoms with Crippen molar-refractivity contribution in [3.63, 3.8) is 0 Å². The summed E-state index contributed by atoms with van der Waals surface area (Å²) >= 11 is 0. The van der Waals surface area contributed by atoms with Crippen molar-refractivity contribution in [1.29, 1.82) is 0 Å². The molecule has 0 amide bonds. The van der Waals surface area contributed by atoms with Crippen LogP contribution in [0.1, 0.15) is 24.0 Å². The van der Waals surface area contributed by atoms with Gasteiger partial charge in [-0.05, 0) is 37.5 Å². The van der Waals surface area contributed by atoms with E-state index in [0.29, 0.717) is 11.5 Å². The molecule has 0 heterocycles. The molecule has 3 nitrogen and oxygen atoms in total. The van der Waals surface area contributed by atoms with Crippen LogP contribution in [0.3, 0.4) is 0 Å². The van der Waals surface area contributed by atoms with Crippen molar-refractivity contribution in [2.75, 3.05) is 14.2 Å². The van der Waals surface area contributed by atoms with E-state index in [4.69, 9.17) is 9.47 Å². The number of hydrogen-bond donors (Lipinski definition) is 1. The van der Waals surface area contributed by atoms with Gasteiger partial charge in [-0.3, -0.25) is 0 Å². The Bertz CT molecular complexity index is 381. The SMILES string of the molecule is COc1cc(C)cc(C2(O)CC2)c1OC. The Kier molecular flexibility index (Phi) is 2.35. The lowest BCUT2D eigenvalue weighted by molar-refractivity contribution is 0.146. The van der Waals surface area contributed by atoms with Gasteiger partial charge >= 0.3 is 0 Å². The molecule has 1 aliphatic rings. The minimum absolute atomic E-state index is 0.656. The van der Waals surface area contributed by atoms with Crippen LogP contribution in [-0.2, 0) is 5.60 Å². The molecule has 1 saturated carbocycles. The van der Waals surface area contributed by atoms with Gasteiger partial charge in [-0.15, -0.1) is 0 Å². The van der Waals surface area contributed by atoms with Crippen molar-refractivity contribution >= 4 is 0 Å². The van der Waals surface area contributed by atoms with E-state index in [1.807, 2.05) is 19.1 Å². The molecule has 1 aliphatic carbocycles. The predicted molar refractivity (Wildman–Crippen MR) is 57.4 cm³/mol. The largest absolute Gasteiger partial charge is 0.493 e. The van der Waals surface area contributed by atoms with Crippen molar-refractivity contribution in [3.8, 4) is 11.5 Å². The fourth-order valence-electron chi connectivity index (χ4n) is 1.84. The van der Waals surface area contributed by atoms with Crippen LogP contribution in [0.25, 0.3) is 0 Å². The first-order valence-electron chi connectivity index (χ1n) is 5.06. The molecular formula is C12H16O3. The third-order valence-electron chi connectivity index (χ3n) is 2.85. The van der Waals surface area contributed by atoms with Crippen LogP contribution in [0.4, 0.5) is 0 Å². The van der Waals surface area contributed by atoms with Gasteiger partial charge in [0.2, 0.25) is 0 Å². The van der Waals surface area contributed by atoms with E-state index in [9.17, 15) is 5.11 Å². The lowest BCUT2D eigenvalue weighted by atomic mass is 10.0. The lowest BCUT2D eigenvalue weighted by Crippen LogP contribution is -2.08. The minimum atomic E-state index is -0.690. The number of benzene rings is 1. The van der Waals surface area contributed by atoms with E-state index in [2.05, 4.69) is 0 Å². The topological polar surface area (TPSA) is 38.7 Å². The molecule has 1 fully saturated rings. The van der Waals surface area contributed by atoms with Crippen molar-refractivity contribution in [2.45, 2.75) is 25.4 Å². The highest BCUT2D eigenvalue weighted by atomic mass is 16.5. The molecule has 2 rings (SSSR count). The molecular weight excluding hydrogens is 192 g/mol. The van der Waals surface area contributed by atoms with Crippen LogP contribution in [0.5, 0.6) is 11.5 Å². The molecule has 82 valence electrons. The van der Waals surface area contributed by atoms with Gasteiger partial charge in [0.15, 0.2) is 11.5 Å². The second-order valence-electron chi connectivity index (χ2n) is 4.08. The zero-order valence-corrected chi connectivity index (χ0v) is 9.33. The number of methoxy groups -OCH3 is 2. The number of ether oxygens (including phenoxy) is 2. The smallest absolute Gasteiger partial charge is 0.166 e. The fourth-order valence-corrected chi connectivity index (χ4v) is 1.84. The van der Waals surface area contributed by atoms with Crippen LogP contribution in [0, 0.1) is 6.92 Å². The maximum absolute atomic E-state index is 10.1. The highest BCUT2D eigenvalue weighted by Crippen LogP contribution is 2.51. The molecule has 0 bridgehead atoms. The maximum Gasteiger partial charge on any atom is 0.166 e. The third kappa shape index (κ3) is 1.67. The third-order valence-corrected chi connectivity index (χ3v) is 2.85. The van der Waals surface area contributed by atoms with Crippen molar-refractivity contribution in [2.24, 2.45) is 0 Å². The summed E-state index contributed by atoms with van der Waals surface area (Å²) in [6, 6.07) is 3.88. The van der Waals surface area contributed by atoms with Crippen LogP contribution in [0.15, 0.2) is 12.1 Å². The Balaban J connectivity index is 2.56. The molecule has 1 N–H and O–H groups in total. The molecule has 0 radical (unpaired) electrons. The fraction of sp³-hybridized carbons (Fsp3) is 0.500. The van der Waals surface area contributed by atoms with E-state index in [0.717, 1.165) is 24.0 Å². The molecule has 15 heavy (non-hydrogen) atoms. The number of rotatable bonds is 3. The first-order chi connectivity index (χ1) is 7.10. The van der Waals surface area contributed by atoms with Gasteiger partial charge in [0.25, 0.3) is 0 Å². The van der Waals surface area contributed by atoms with Gasteiger partial charge in [0.1, 0.15) is 0 Å². The Hall–Kier alpha value is -1.22. The molecule has 1 aromatic rings. The summed E-state index contributed by atoms with van der Waals surface area (Å²) in [7, 11) is 3.21. The lowest BCUT2D eigenvalue weighted by Gasteiger charge is -2.17. The molecule has 0 aromatic heterocycles. The maximum atomic E-state index is 10.1. The summed E-state index contributed by atoms with van der Waals surface area (Å²) in [5, 5.41) is 10.1. The molecule has 1 aromatic carbocycles. The van der Waals surface area contributed by atoms with Gasteiger partial charge in [0.05, 0.1) is 19.8 Å². The zero-order valence-electron chi connectivity index (χ0n) is 9.33. The molecule has 0 spiro atoms. The Morgan fingerprint density at radius 2 is 1.87 bits per heavy atom. The Labute approximate surface area is 89.6 Å². The molecule has 0 atom stereocenters. The van der Waals surface area contributed by atoms with Crippen LogP contribution < -0.4 is 9.47 Å². The van der Waals surface area contributed by atoms with E-state index in [-0.39, 0.29) is 0 Å². The zero-order chi connectivity index (χ0) is 11.1. The average molecular weight is 208 g/mol. The highest BCUT2D eigenvalue weighted by Gasteiger charge is 2.45. The number of hydrogen-bond acceptors (Lipinski definition) is 3. The van der Waals surface area contributed by atoms with Gasteiger partial charge in [0, 0.05) is 5.56 Å². The van der Waals surface area contributed by atoms with Crippen LogP contribution in [0.2, 0.25) is 0 Å². The Morgan fingerprint density at radius 1 is 1.20 bits per heavy atom. The second kappa shape index (κ2) is 3.42. The Morgan fingerprint density at radius 3 is 2.33 bits per heavy atom. The number of aryl methyl sites for hydroxylation is 1. The summed E-state index contributed by atoms with van der Waals surface area (Å²) in [6.45, 7) is 1.98. The van der Waals surface area contributed by atoms with Crippen LogP contribution in [-0.4, -0.2) is 19.3 Å². The predicted octanol–water partition coefficient (Wildman–Crippen LogP) is 1.99. The van der Waals surface area contributed by atoms with Crippen molar-refractivity contribution < 1.29 is 14.6 Å². The van der Waals surface area contributed by atoms with E-state index in [1.54, 1.807) is 14.2 Å². The quantitative estimate of drug-likeness (QED) is 0.825. The standard InChI is InChI=1S/C12H16O3/c1-8-6-9(12(13)4-5-12)11(15-3)10(7-8)14-2/h6-7,13H,4-5H2,1-3H3. The number of aliphatic hydroxyl groups is 1. The highest BCUT2D eigenvalue weighted by molar-refractivity contribution is 5.53.